The average Bonchev–Trinajstić information content (AvgIpc) is 2.55. The highest BCUT2D eigenvalue weighted by atomic mass is 32.2. The monoisotopic (exact) mass is 353 g/mol. The number of methoxy groups -OCH3 is 1. The van der Waals surface area contributed by atoms with Gasteiger partial charge in [-0.05, 0) is 48.9 Å². The molecule has 0 bridgehead atoms. The zero-order valence-corrected chi connectivity index (χ0v) is 16.4. The summed E-state index contributed by atoms with van der Waals surface area (Å²) >= 11 is 0. The Kier molecular flexibility index (Phi) is 6.32. The summed E-state index contributed by atoms with van der Waals surface area (Å²) in [5.74, 6) is 0.723. The van der Waals surface area contributed by atoms with Crippen LogP contribution in [-0.4, -0.2) is 32.4 Å². The van der Waals surface area contributed by atoms with Gasteiger partial charge in [0, 0.05) is 12.6 Å². The first-order valence-electron chi connectivity index (χ1n) is 9.03. The second-order valence-corrected chi connectivity index (χ2v) is 8.87. The second kappa shape index (κ2) is 7.87. The Hall–Kier alpha value is -1.07. The molecule has 4 nitrogen and oxygen atoms in total. The van der Waals surface area contributed by atoms with Gasteiger partial charge in [-0.15, -0.1) is 0 Å². The lowest BCUT2D eigenvalue weighted by Gasteiger charge is -2.33. The summed E-state index contributed by atoms with van der Waals surface area (Å²) < 4.78 is 33.9. The Morgan fingerprint density at radius 1 is 1.21 bits per heavy atom. The maximum absolute atomic E-state index is 13.4. The van der Waals surface area contributed by atoms with E-state index in [4.69, 9.17) is 4.74 Å². The molecular formula is C19H31NO3S. The SMILES string of the molecule is CCN(C1CCCCC1)S(=O)(=O)c1cc(C(C)C)c(C)cc1OC. The third kappa shape index (κ3) is 3.77. The first-order valence-corrected chi connectivity index (χ1v) is 10.5. The van der Waals surface area contributed by atoms with Gasteiger partial charge in [0.15, 0.2) is 0 Å². The number of aryl methyl sites for hydroxylation is 1. The number of ether oxygens (including phenoxy) is 1. The van der Waals surface area contributed by atoms with E-state index in [1.165, 1.54) is 6.42 Å². The zero-order valence-electron chi connectivity index (χ0n) is 15.6. The molecule has 0 aliphatic heterocycles. The average molecular weight is 354 g/mol. The molecule has 1 aliphatic carbocycles. The molecule has 0 amide bonds. The summed E-state index contributed by atoms with van der Waals surface area (Å²) in [6.07, 6.45) is 5.34. The minimum absolute atomic E-state index is 0.113. The molecular weight excluding hydrogens is 322 g/mol. The van der Waals surface area contributed by atoms with Gasteiger partial charge in [0.1, 0.15) is 10.6 Å². The largest absolute Gasteiger partial charge is 0.495 e. The van der Waals surface area contributed by atoms with Crippen molar-refractivity contribution in [2.45, 2.75) is 76.7 Å². The predicted molar refractivity (Wildman–Crippen MR) is 98.3 cm³/mol. The first kappa shape index (κ1) is 19.3. The Labute approximate surface area is 147 Å². The van der Waals surface area contributed by atoms with Crippen LogP contribution >= 0.6 is 0 Å². The van der Waals surface area contributed by atoms with E-state index in [1.54, 1.807) is 11.4 Å². The van der Waals surface area contributed by atoms with Gasteiger partial charge in [-0.3, -0.25) is 0 Å². The van der Waals surface area contributed by atoms with Crippen molar-refractivity contribution < 1.29 is 13.2 Å². The lowest BCUT2D eigenvalue weighted by atomic mass is 9.95. The van der Waals surface area contributed by atoms with Gasteiger partial charge in [0.25, 0.3) is 0 Å². The molecule has 0 saturated heterocycles. The maximum Gasteiger partial charge on any atom is 0.247 e. The fourth-order valence-corrected chi connectivity index (χ4v) is 5.65. The molecule has 0 heterocycles. The van der Waals surface area contributed by atoms with Gasteiger partial charge in [-0.2, -0.15) is 4.31 Å². The van der Waals surface area contributed by atoms with Crippen molar-refractivity contribution >= 4 is 10.0 Å². The summed E-state index contributed by atoms with van der Waals surface area (Å²) in [5, 5.41) is 0. The van der Waals surface area contributed by atoms with Crippen molar-refractivity contribution in [3.8, 4) is 5.75 Å². The quantitative estimate of drug-likeness (QED) is 0.758. The lowest BCUT2D eigenvalue weighted by Crippen LogP contribution is -2.41. The van der Waals surface area contributed by atoms with Crippen LogP contribution in [0.15, 0.2) is 17.0 Å². The zero-order chi connectivity index (χ0) is 17.9. The molecule has 5 heteroatoms. The number of sulfonamides is 1. The molecule has 1 aromatic carbocycles. The van der Waals surface area contributed by atoms with E-state index in [2.05, 4.69) is 13.8 Å². The molecule has 0 aromatic heterocycles. The fraction of sp³-hybridized carbons (Fsp3) is 0.684. The van der Waals surface area contributed by atoms with E-state index in [1.807, 2.05) is 26.0 Å². The molecule has 24 heavy (non-hydrogen) atoms. The number of rotatable bonds is 6. The van der Waals surface area contributed by atoms with Crippen LogP contribution in [0.3, 0.4) is 0 Å². The molecule has 0 atom stereocenters. The molecule has 0 unspecified atom stereocenters. The van der Waals surface area contributed by atoms with E-state index in [-0.39, 0.29) is 12.0 Å². The third-order valence-corrected chi connectivity index (χ3v) is 7.10. The van der Waals surface area contributed by atoms with Crippen molar-refractivity contribution in [2.24, 2.45) is 0 Å². The van der Waals surface area contributed by atoms with Crippen LogP contribution in [0.5, 0.6) is 5.75 Å². The molecule has 1 saturated carbocycles. The van der Waals surface area contributed by atoms with Gasteiger partial charge in [-0.25, -0.2) is 8.42 Å². The Morgan fingerprint density at radius 2 is 1.83 bits per heavy atom. The van der Waals surface area contributed by atoms with Gasteiger partial charge in [-0.1, -0.05) is 40.0 Å². The molecule has 136 valence electrons. The van der Waals surface area contributed by atoms with Crippen molar-refractivity contribution in [2.75, 3.05) is 13.7 Å². The highest BCUT2D eigenvalue weighted by molar-refractivity contribution is 7.89. The molecule has 0 spiro atoms. The van der Waals surface area contributed by atoms with Gasteiger partial charge in [0.05, 0.1) is 7.11 Å². The highest BCUT2D eigenvalue weighted by Gasteiger charge is 2.33. The summed E-state index contributed by atoms with van der Waals surface area (Å²) in [5.41, 5.74) is 2.13. The lowest BCUT2D eigenvalue weighted by molar-refractivity contribution is 0.260. The normalized spacial score (nSPS) is 16.8. The summed E-state index contributed by atoms with van der Waals surface area (Å²) in [6.45, 7) is 8.61. The van der Waals surface area contributed by atoms with E-state index >= 15 is 0 Å². The molecule has 1 aliphatic rings. The molecule has 1 aromatic rings. The third-order valence-electron chi connectivity index (χ3n) is 5.05. The molecule has 1 fully saturated rings. The Balaban J connectivity index is 2.51. The van der Waals surface area contributed by atoms with Crippen molar-refractivity contribution in [3.63, 3.8) is 0 Å². The van der Waals surface area contributed by atoms with E-state index in [0.29, 0.717) is 17.2 Å². The van der Waals surface area contributed by atoms with Crippen molar-refractivity contribution in [1.82, 2.24) is 4.31 Å². The Bertz CT molecular complexity index is 661. The number of hydrogen-bond acceptors (Lipinski definition) is 3. The van der Waals surface area contributed by atoms with Gasteiger partial charge in [0.2, 0.25) is 10.0 Å². The summed E-state index contributed by atoms with van der Waals surface area (Å²) in [4.78, 5) is 0.312. The first-order chi connectivity index (χ1) is 11.3. The van der Waals surface area contributed by atoms with Crippen LogP contribution in [0, 0.1) is 6.92 Å². The van der Waals surface area contributed by atoms with Gasteiger partial charge >= 0.3 is 0 Å². The highest BCUT2D eigenvalue weighted by Crippen LogP contribution is 2.35. The van der Waals surface area contributed by atoms with Gasteiger partial charge < -0.3 is 4.74 Å². The number of hydrogen-bond donors (Lipinski definition) is 0. The molecule has 2 rings (SSSR count). The summed E-state index contributed by atoms with van der Waals surface area (Å²) in [7, 11) is -2.02. The van der Waals surface area contributed by atoms with Crippen LogP contribution in [0.1, 0.15) is 69.9 Å². The number of nitrogens with zero attached hydrogens (tertiary/aromatic N) is 1. The van der Waals surface area contributed by atoms with E-state index in [0.717, 1.165) is 36.8 Å². The van der Waals surface area contributed by atoms with Crippen LogP contribution in [0.2, 0.25) is 0 Å². The van der Waals surface area contributed by atoms with Crippen molar-refractivity contribution in [1.29, 1.82) is 0 Å². The standard InChI is InChI=1S/C19H31NO3S/c1-6-20(16-10-8-7-9-11-16)24(21,22)19-13-17(14(2)3)15(4)12-18(19)23-5/h12-14,16H,6-11H2,1-5H3. The minimum Gasteiger partial charge on any atom is -0.495 e. The maximum atomic E-state index is 13.4. The van der Waals surface area contributed by atoms with Crippen LogP contribution in [-0.2, 0) is 10.0 Å². The van der Waals surface area contributed by atoms with E-state index in [9.17, 15) is 8.42 Å². The smallest absolute Gasteiger partial charge is 0.247 e. The van der Waals surface area contributed by atoms with Crippen molar-refractivity contribution in [3.05, 3.63) is 23.3 Å². The molecule has 0 N–H and O–H groups in total. The minimum atomic E-state index is -3.56. The fourth-order valence-electron chi connectivity index (χ4n) is 3.78. The van der Waals surface area contributed by atoms with Crippen LogP contribution in [0.25, 0.3) is 0 Å². The second-order valence-electron chi connectivity index (χ2n) is 7.01. The topological polar surface area (TPSA) is 46.6 Å². The van der Waals surface area contributed by atoms with Crippen LogP contribution in [0.4, 0.5) is 0 Å². The molecule has 0 radical (unpaired) electrons. The van der Waals surface area contributed by atoms with E-state index < -0.39 is 10.0 Å². The van der Waals surface area contributed by atoms with Crippen LogP contribution < -0.4 is 4.74 Å². The summed E-state index contributed by atoms with van der Waals surface area (Å²) in [6, 6.07) is 3.79. The Morgan fingerprint density at radius 3 is 2.33 bits per heavy atom. The predicted octanol–water partition coefficient (Wildman–Crippen LogP) is 4.47. The number of benzene rings is 1.